The number of carbonyl (C=O) groups is 2. The van der Waals surface area contributed by atoms with Gasteiger partial charge in [-0.15, -0.1) is 22.7 Å². The first-order chi connectivity index (χ1) is 48.1. The van der Waals surface area contributed by atoms with E-state index in [1.807, 2.05) is 48.6 Å². The van der Waals surface area contributed by atoms with E-state index in [0.717, 1.165) is 127 Å². The summed E-state index contributed by atoms with van der Waals surface area (Å²) in [6.07, 6.45) is 26.4. The van der Waals surface area contributed by atoms with Gasteiger partial charge in [-0.1, -0.05) is 250 Å². The molecule has 0 spiro atoms. The Balaban J connectivity index is 1.11. The fourth-order valence-corrected chi connectivity index (χ4v) is 18.5. The number of hydrogen-bond donors (Lipinski definition) is 0. The number of fused-ring (bicyclic) bond motifs is 8. The zero-order chi connectivity index (χ0) is 67.9. The van der Waals surface area contributed by atoms with Crippen LogP contribution in [0.4, 0.5) is 0 Å². The lowest BCUT2D eigenvalue weighted by atomic mass is 9.65. The molecule has 0 amide bonds. The first kappa shape index (κ1) is 66.8. The van der Waals surface area contributed by atoms with Crippen molar-refractivity contribution in [3.8, 4) is 45.2 Å². The number of ketones is 2. The van der Waals surface area contributed by atoms with Gasteiger partial charge in [0.2, 0.25) is 0 Å². The number of unbranched alkanes of at least 4 members (excludes halogenated alkanes) is 12. The highest BCUT2D eigenvalue weighted by atomic mass is 32.1. The molecule has 4 aliphatic rings. The summed E-state index contributed by atoms with van der Waals surface area (Å²) in [6, 6.07) is 70.3. The molecule has 2 heterocycles. The van der Waals surface area contributed by atoms with Crippen molar-refractivity contribution in [2.45, 2.75) is 167 Å². The SMILES string of the molecule is CCCCCCc1ccc(C2(c3ccc(CCCCCC)cc3)c3cc4c(cc3-c3sc(C=C5C(=O)c6ccccc6C5=C(C#N)C#N)cc32)C(c2ccc(CCCCCC)cc2)(c2ccc(CCCCCC)cc2)c2cc(/C=C3\C(=O)c5ccccc5C3=C(C#N)C#N)sc2-4)cc1. The van der Waals surface area contributed by atoms with Gasteiger partial charge in [0, 0.05) is 52.9 Å². The number of carbonyl (C=O) groups excluding carboxylic acids is 2. The standard InChI is InChI=1S/C90H82N4O2S2/c1-5-9-13-17-25-59-33-41-65(42-34-59)89(66-43-35-60(36-44-66)26-18-14-10-6-2)79-53-76-80(54-75(79)87-81(89)51-69(97-87)49-77-83(63(55-91)56-92)71-29-21-23-31-73(71)85(77)95)90(67-45-37-61(38-46-67)27-19-15-11-7-3,68-47-39-62(40-48-68)28-20-16-12-8-4)82-52-70(98-88(76)82)50-78-84(64(57-93)58-94)72-30-22-24-32-74(72)86(78)96/h21-24,29-54H,5-20,25-28H2,1-4H3/b77-49-,78-50?. The van der Waals surface area contributed by atoms with E-state index in [4.69, 9.17) is 0 Å². The third kappa shape index (κ3) is 12.0. The number of nitrogens with zero attached hydrogens (tertiary/aromatic N) is 4. The first-order valence-corrected chi connectivity index (χ1v) is 37.4. The first-order valence-electron chi connectivity index (χ1n) is 35.8. The second-order valence-corrected chi connectivity index (χ2v) is 29.2. The van der Waals surface area contributed by atoms with Gasteiger partial charge < -0.3 is 0 Å². The molecule has 4 aliphatic carbocycles. The second-order valence-electron chi connectivity index (χ2n) is 27.1. The van der Waals surface area contributed by atoms with Crippen LogP contribution < -0.4 is 0 Å². The van der Waals surface area contributed by atoms with E-state index in [0.29, 0.717) is 44.5 Å². The van der Waals surface area contributed by atoms with Crippen LogP contribution in [0, 0.1) is 45.3 Å². The molecule has 0 radical (unpaired) electrons. The maximum atomic E-state index is 14.8. The Bertz CT molecular complexity index is 4410. The van der Waals surface area contributed by atoms with Gasteiger partial charge in [0.1, 0.15) is 35.4 Å². The summed E-state index contributed by atoms with van der Waals surface area (Å²) in [6.45, 7) is 9.02. The minimum Gasteiger partial charge on any atom is -0.289 e. The predicted octanol–water partition coefficient (Wildman–Crippen LogP) is 23.2. The second kappa shape index (κ2) is 29.5. The number of benzene rings is 7. The van der Waals surface area contributed by atoms with E-state index in [-0.39, 0.29) is 22.7 Å². The molecule has 13 rings (SSSR count). The monoisotopic (exact) mass is 1310 g/mol. The number of rotatable bonds is 26. The molecule has 7 aromatic carbocycles. The Morgan fingerprint density at radius 1 is 0.347 bits per heavy atom. The normalized spacial score (nSPS) is 14.9. The van der Waals surface area contributed by atoms with Crippen LogP contribution in [0.15, 0.2) is 192 Å². The molecule has 0 unspecified atom stereocenters. The molecule has 0 saturated heterocycles. The van der Waals surface area contributed by atoms with Crippen LogP contribution in [0.25, 0.3) is 44.2 Å². The summed E-state index contributed by atoms with van der Waals surface area (Å²) in [4.78, 5) is 33.5. The van der Waals surface area contributed by atoms with Crippen LogP contribution >= 0.6 is 22.7 Å². The molecule has 0 atom stereocenters. The largest absolute Gasteiger partial charge is 0.289 e. The molecule has 0 aliphatic heterocycles. The molecule has 0 N–H and O–H groups in total. The van der Waals surface area contributed by atoms with E-state index < -0.39 is 10.8 Å². The molecule has 0 fully saturated rings. The molecule has 0 bridgehead atoms. The molecule has 98 heavy (non-hydrogen) atoms. The zero-order valence-corrected chi connectivity index (χ0v) is 58.5. The van der Waals surface area contributed by atoms with Crippen LogP contribution in [0.5, 0.6) is 0 Å². The predicted molar refractivity (Wildman–Crippen MR) is 402 cm³/mol. The van der Waals surface area contributed by atoms with Crippen molar-refractivity contribution in [1.82, 2.24) is 0 Å². The van der Waals surface area contributed by atoms with Crippen molar-refractivity contribution < 1.29 is 9.59 Å². The minimum absolute atomic E-state index is 0.0957. The number of allylic oxidation sites excluding steroid dienone is 6. The minimum atomic E-state index is -0.890. The average Bonchev–Trinajstić information content (AvgIpc) is 1.50. The van der Waals surface area contributed by atoms with Crippen LogP contribution in [0.2, 0.25) is 0 Å². The Hall–Kier alpha value is -9.80. The maximum Gasteiger partial charge on any atom is 0.194 e. The number of nitriles is 4. The van der Waals surface area contributed by atoms with E-state index in [2.05, 4.69) is 173 Å². The third-order valence-electron chi connectivity index (χ3n) is 21.0. The molecular formula is C90H82N4O2S2. The molecule has 6 nitrogen and oxygen atoms in total. The van der Waals surface area contributed by atoms with E-state index in [1.54, 1.807) is 34.8 Å². The summed E-state index contributed by atoms with van der Waals surface area (Å²) >= 11 is 3.31. The van der Waals surface area contributed by atoms with Crippen molar-refractivity contribution in [3.63, 3.8) is 0 Å². The lowest BCUT2D eigenvalue weighted by Crippen LogP contribution is -2.30. The highest BCUT2D eigenvalue weighted by Gasteiger charge is 2.53. The molecule has 0 saturated carbocycles. The van der Waals surface area contributed by atoms with Gasteiger partial charge in [-0.3, -0.25) is 9.59 Å². The number of Topliss-reactive ketones (excluding diaryl/α,β-unsaturated/α-hetero) is 2. The molecule has 8 heteroatoms. The van der Waals surface area contributed by atoms with Gasteiger partial charge in [0.05, 0.1) is 10.8 Å². The lowest BCUT2D eigenvalue weighted by Gasteiger charge is -2.35. The van der Waals surface area contributed by atoms with Crippen molar-refractivity contribution in [1.29, 1.82) is 21.0 Å². The lowest BCUT2D eigenvalue weighted by molar-refractivity contribution is 0.103. The van der Waals surface area contributed by atoms with Gasteiger partial charge in [0.25, 0.3) is 0 Å². The Labute approximate surface area is 587 Å². The van der Waals surface area contributed by atoms with Gasteiger partial charge >= 0.3 is 0 Å². The van der Waals surface area contributed by atoms with Crippen molar-refractivity contribution in [3.05, 3.63) is 291 Å². The van der Waals surface area contributed by atoms with Crippen molar-refractivity contribution in [2.75, 3.05) is 0 Å². The Kier molecular flexibility index (Phi) is 20.1. The van der Waals surface area contributed by atoms with Crippen molar-refractivity contribution in [2.24, 2.45) is 0 Å². The topological polar surface area (TPSA) is 129 Å². The highest BCUT2D eigenvalue weighted by Crippen LogP contribution is 2.66. The number of thiophene rings is 2. The van der Waals surface area contributed by atoms with Gasteiger partial charge in [-0.2, -0.15) is 21.0 Å². The van der Waals surface area contributed by atoms with Crippen LogP contribution in [0.3, 0.4) is 0 Å². The quantitative estimate of drug-likeness (QED) is 0.0302. The zero-order valence-electron chi connectivity index (χ0n) is 56.9. The fourth-order valence-electron chi connectivity index (χ4n) is 16.1. The van der Waals surface area contributed by atoms with Gasteiger partial charge in [0.15, 0.2) is 11.6 Å². The van der Waals surface area contributed by atoms with Gasteiger partial charge in [-0.25, -0.2) is 0 Å². The third-order valence-corrected chi connectivity index (χ3v) is 23.3. The Morgan fingerprint density at radius 2 is 0.633 bits per heavy atom. The summed E-state index contributed by atoms with van der Waals surface area (Å²) in [5, 5.41) is 42.1. The molecular weight excluding hydrogens is 1230 g/mol. The summed E-state index contributed by atoms with van der Waals surface area (Å²) in [7, 11) is 0. The van der Waals surface area contributed by atoms with Crippen LogP contribution in [-0.2, 0) is 36.5 Å². The number of hydrogen-bond acceptors (Lipinski definition) is 8. The number of aryl methyl sites for hydroxylation is 4. The molecule has 486 valence electrons. The molecule has 9 aromatic rings. The molecule has 2 aromatic heterocycles. The Morgan fingerprint density at radius 3 is 0.908 bits per heavy atom. The summed E-state index contributed by atoms with van der Waals surface area (Å²) in [5.74, 6) is -0.425. The van der Waals surface area contributed by atoms with Crippen LogP contribution in [0.1, 0.15) is 239 Å². The average molecular weight is 1320 g/mol. The van der Waals surface area contributed by atoms with Crippen molar-refractivity contribution >= 4 is 57.5 Å². The highest BCUT2D eigenvalue weighted by molar-refractivity contribution is 7.17. The maximum absolute atomic E-state index is 14.8. The smallest absolute Gasteiger partial charge is 0.194 e. The van der Waals surface area contributed by atoms with E-state index >= 15 is 0 Å². The van der Waals surface area contributed by atoms with E-state index in [9.17, 15) is 30.6 Å². The van der Waals surface area contributed by atoms with Gasteiger partial charge in [-0.05, 0) is 177 Å². The summed E-state index contributed by atoms with van der Waals surface area (Å²) < 4.78 is 0. The fraction of sp³-hybridized carbons (Fsp3) is 0.289. The van der Waals surface area contributed by atoms with E-state index in [1.165, 1.54) is 99.3 Å². The summed E-state index contributed by atoms with van der Waals surface area (Å²) in [5.41, 5.74) is 17.9. The van der Waals surface area contributed by atoms with Crippen LogP contribution in [-0.4, -0.2) is 11.6 Å².